The van der Waals surface area contributed by atoms with Crippen molar-refractivity contribution in [3.63, 3.8) is 0 Å². The largest absolute Gasteiger partial charge is 0.458 e. The number of hydrogen-bond donors (Lipinski definition) is 1. The van der Waals surface area contributed by atoms with Crippen molar-refractivity contribution < 1.29 is 14.3 Å². The molecule has 0 saturated heterocycles. The van der Waals surface area contributed by atoms with Crippen LogP contribution in [-0.2, 0) is 9.53 Å². The molecule has 4 bridgehead atoms. The summed E-state index contributed by atoms with van der Waals surface area (Å²) in [6, 6.07) is 17.7. The molecule has 4 saturated carbocycles. The number of fused-ring (bicyclic) bond motifs is 2. The zero-order valence-electron chi connectivity index (χ0n) is 20.6. The predicted octanol–water partition coefficient (Wildman–Crippen LogP) is 6.17. The average molecular weight is 478 g/mol. The Morgan fingerprint density at radius 1 is 0.889 bits per heavy atom. The topological polar surface area (TPSA) is 55.4 Å². The van der Waals surface area contributed by atoms with Crippen molar-refractivity contribution in [3.05, 3.63) is 94.2 Å². The smallest absolute Gasteiger partial charge is 0.337 e. The number of benzene rings is 2. The molecule has 1 atom stereocenters. The lowest BCUT2D eigenvalue weighted by Crippen LogP contribution is -2.50. The normalized spacial score (nSPS) is 32.1. The predicted molar refractivity (Wildman–Crippen MR) is 139 cm³/mol. The van der Waals surface area contributed by atoms with E-state index in [-0.39, 0.29) is 17.9 Å². The van der Waals surface area contributed by atoms with Gasteiger partial charge in [-0.1, -0.05) is 66.7 Å². The molecule has 0 spiro atoms. The lowest BCUT2D eigenvalue weighted by Gasteiger charge is -2.53. The first-order valence-electron chi connectivity index (χ1n) is 13.4. The van der Waals surface area contributed by atoms with Gasteiger partial charge in [-0.2, -0.15) is 0 Å². The van der Waals surface area contributed by atoms with Crippen molar-refractivity contribution in [1.29, 1.82) is 0 Å². The first kappa shape index (κ1) is 21.8. The summed E-state index contributed by atoms with van der Waals surface area (Å²) in [5.41, 5.74) is 5.44. The van der Waals surface area contributed by atoms with E-state index < -0.39 is 5.92 Å². The van der Waals surface area contributed by atoms with E-state index in [4.69, 9.17) is 4.74 Å². The van der Waals surface area contributed by atoms with Crippen molar-refractivity contribution in [3.8, 4) is 0 Å². The number of ether oxygens (including phenoxy) is 1. The van der Waals surface area contributed by atoms with Gasteiger partial charge in [0.1, 0.15) is 6.10 Å². The highest BCUT2D eigenvalue weighted by atomic mass is 16.5. The van der Waals surface area contributed by atoms with Gasteiger partial charge in [0.05, 0.1) is 11.3 Å². The van der Waals surface area contributed by atoms with E-state index in [1.54, 1.807) is 0 Å². The van der Waals surface area contributed by atoms with Crippen molar-refractivity contribution in [2.24, 2.45) is 29.6 Å². The maximum absolute atomic E-state index is 13.9. The van der Waals surface area contributed by atoms with Crippen molar-refractivity contribution in [1.82, 2.24) is 5.32 Å². The Balaban J connectivity index is 1.24. The molecular weight excluding hydrogens is 446 g/mol. The summed E-state index contributed by atoms with van der Waals surface area (Å²) in [5, 5.41) is 3.43. The molecule has 6 aliphatic rings. The van der Waals surface area contributed by atoms with Gasteiger partial charge in [-0.3, -0.25) is 4.79 Å². The monoisotopic (exact) mass is 477 g/mol. The van der Waals surface area contributed by atoms with Crippen LogP contribution in [-0.4, -0.2) is 17.9 Å². The van der Waals surface area contributed by atoms with Crippen LogP contribution in [0.3, 0.4) is 0 Å². The van der Waals surface area contributed by atoms with Gasteiger partial charge >= 0.3 is 5.97 Å². The Kier molecular flexibility index (Phi) is 5.06. The molecule has 1 heterocycles. The number of Topliss-reactive ketones (excluding diaryl/α,β-unsaturated/α-hetero) is 1. The number of esters is 1. The van der Waals surface area contributed by atoms with Crippen LogP contribution in [0.2, 0.25) is 0 Å². The molecule has 2 aromatic rings. The Morgan fingerprint density at radius 2 is 1.53 bits per heavy atom. The Morgan fingerprint density at radius 3 is 2.22 bits per heavy atom. The maximum Gasteiger partial charge on any atom is 0.337 e. The van der Waals surface area contributed by atoms with Crippen molar-refractivity contribution >= 4 is 23.5 Å². The number of nitrogens with one attached hydrogen (secondary N) is 1. The van der Waals surface area contributed by atoms with Gasteiger partial charge in [0.25, 0.3) is 0 Å². The Hall–Kier alpha value is -3.40. The summed E-state index contributed by atoms with van der Waals surface area (Å²) >= 11 is 0. The minimum Gasteiger partial charge on any atom is -0.458 e. The number of rotatable bonds is 4. The highest BCUT2D eigenvalue weighted by Crippen LogP contribution is 2.55. The SMILES string of the molecule is CC1=C(C(=O)OC2C3CC4CC(C3)CC2C4)C(/C=C/c2ccccc2)C2=C(N1)c1ccccc1C2=O. The standard InChI is InChI=1S/C32H31NO3/c1-18-27(32(35)36-31-22-14-20-13-21(16-22)17-23(31)15-20)26(12-11-19-7-3-2-4-8-19)28-29(33-18)24-9-5-6-10-25(24)30(28)34/h2-12,20-23,26,31,33H,13-17H2,1H3/b12-11+. The molecule has 4 fully saturated rings. The van der Waals surface area contributed by atoms with Crippen LogP contribution in [0.15, 0.2) is 77.5 Å². The lowest BCUT2D eigenvalue weighted by molar-refractivity contribution is -0.166. The molecule has 8 rings (SSSR count). The highest BCUT2D eigenvalue weighted by Gasteiger charge is 2.51. The van der Waals surface area contributed by atoms with Gasteiger partial charge in [0.15, 0.2) is 5.78 Å². The third-order valence-electron chi connectivity index (χ3n) is 9.18. The third kappa shape index (κ3) is 3.42. The van der Waals surface area contributed by atoms with E-state index in [2.05, 4.69) is 5.32 Å². The van der Waals surface area contributed by atoms with E-state index in [0.29, 0.717) is 28.5 Å². The van der Waals surface area contributed by atoms with Crippen LogP contribution in [0.25, 0.3) is 11.8 Å². The van der Waals surface area contributed by atoms with Gasteiger partial charge in [-0.15, -0.1) is 0 Å². The Labute approximate surface area is 212 Å². The molecule has 1 N–H and O–H groups in total. The third-order valence-corrected chi connectivity index (χ3v) is 9.18. The summed E-state index contributed by atoms with van der Waals surface area (Å²) in [7, 11) is 0. The minimum absolute atomic E-state index is 0.0104. The molecule has 4 heteroatoms. The second-order valence-electron chi connectivity index (χ2n) is 11.4. The minimum atomic E-state index is -0.453. The molecule has 0 amide bonds. The molecule has 0 aromatic heterocycles. The van der Waals surface area contributed by atoms with Crippen LogP contribution >= 0.6 is 0 Å². The van der Waals surface area contributed by atoms with Gasteiger partial charge in [-0.25, -0.2) is 4.79 Å². The van der Waals surface area contributed by atoms with Gasteiger partial charge < -0.3 is 10.1 Å². The zero-order chi connectivity index (χ0) is 24.4. The fourth-order valence-electron chi connectivity index (χ4n) is 7.87. The van der Waals surface area contributed by atoms with E-state index in [9.17, 15) is 9.59 Å². The molecule has 5 aliphatic carbocycles. The molecule has 0 radical (unpaired) electrons. The fourth-order valence-corrected chi connectivity index (χ4v) is 7.87. The molecule has 36 heavy (non-hydrogen) atoms. The van der Waals surface area contributed by atoms with Crippen molar-refractivity contribution in [2.75, 3.05) is 0 Å². The van der Waals surface area contributed by atoms with Crippen LogP contribution in [0.5, 0.6) is 0 Å². The second kappa shape index (κ2) is 8.33. The van der Waals surface area contributed by atoms with E-state index in [1.165, 1.54) is 32.1 Å². The van der Waals surface area contributed by atoms with E-state index in [1.807, 2.05) is 73.7 Å². The number of hydrogen-bond acceptors (Lipinski definition) is 4. The first-order chi connectivity index (χ1) is 17.6. The molecule has 182 valence electrons. The average Bonchev–Trinajstić information content (AvgIpc) is 3.16. The fraction of sp³-hybridized carbons (Fsp3) is 0.375. The number of ketones is 1. The van der Waals surface area contributed by atoms with E-state index >= 15 is 0 Å². The molecular formula is C32H31NO3. The van der Waals surface area contributed by atoms with Crippen LogP contribution in [0.1, 0.15) is 60.5 Å². The zero-order valence-corrected chi connectivity index (χ0v) is 20.6. The molecule has 2 aromatic carbocycles. The number of dihydropyridines is 1. The summed E-state index contributed by atoms with van der Waals surface area (Å²) in [5.74, 6) is 1.90. The number of carbonyl (C=O) groups excluding carboxylic acids is 2. The lowest BCUT2D eigenvalue weighted by atomic mass is 9.55. The number of carbonyl (C=O) groups is 2. The van der Waals surface area contributed by atoms with Crippen LogP contribution < -0.4 is 5.32 Å². The molecule has 4 nitrogen and oxygen atoms in total. The van der Waals surface area contributed by atoms with Crippen LogP contribution in [0, 0.1) is 29.6 Å². The second-order valence-corrected chi connectivity index (χ2v) is 11.4. The number of allylic oxidation sites excluding steroid dienone is 3. The summed E-state index contributed by atoms with van der Waals surface area (Å²) in [6.07, 6.45) is 10.2. The molecule has 1 aliphatic heterocycles. The first-order valence-corrected chi connectivity index (χ1v) is 13.4. The van der Waals surface area contributed by atoms with Gasteiger partial charge in [0, 0.05) is 28.3 Å². The van der Waals surface area contributed by atoms with Crippen molar-refractivity contribution in [2.45, 2.75) is 45.1 Å². The van der Waals surface area contributed by atoms with Crippen LogP contribution in [0.4, 0.5) is 0 Å². The van der Waals surface area contributed by atoms with Gasteiger partial charge in [-0.05, 0) is 68.3 Å². The Bertz CT molecular complexity index is 1320. The van der Waals surface area contributed by atoms with E-state index in [0.717, 1.165) is 34.4 Å². The van der Waals surface area contributed by atoms with Gasteiger partial charge in [0.2, 0.25) is 0 Å². The molecule has 1 unspecified atom stereocenters. The summed E-state index contributed by atoms with van der Waals surface area (Å²) < 4.78 is 6.38. The summed E-state index contributed by atoms with van der Waals surface area (Å²) in [4.78, 5) is 27.5. The quantitative estimate of drug-likeness (QED) is 0.535. The summed E-state index contributed by atoms with van der Waals surface area (Å²) in [6.45, 7) is 1.94. The maximum atomic E-state index is 13.9. The highest BCUT2D eigenvalue weighted by molar-refractivity contribution is 6.22.